The van der Waals surface area contributed by atoms with Crippen molar-refractivity contribution >= 4 is 17.5 Å². The molecule has 0 aliphatic carbocycles. The van der Waals surface area contributed by atoms with Gasteiger partial charge < -0.3 is 16.4 Å². The standard InChI is InChI=1S/C15H23N3O2/c1-3-7-12(16)15(20)18-13-9-6-5-8-11(13)14(19)17-10-4-2/h5-6,8-9,12H,3-4,7,10,16H2,1-2H3,(H,17,19)(H,18,20)/t12-/m0/s1. The number of benzene rings is 1. The minimum Gasteiger partial charge on any atom is -0.352 e. The first-order valence-corrected chi connectivity index (χ1v) is 7.03. The summed E-state index contributed by atoms with van der Waals surface area (Å²) < 4.78 is 0. The molecule has 5 heteroatoms. The van der Waals surface area contributed by atoms with Crippen molar-refractivity contribution in [1.82, 2.24) is 5.32 Å². The van der Waals surface area contributed by atoms with E-state index in [0.717, 1.165) is 12.8 Å². The smallest absolute Gasteiger partial charge is 0.253 e. The first-order chi connectivity index (χ1) is 9.60. The Labute approximate surface area is 119 Å². The van der Waals surface area contributed by atoms with Crippen LogP contribution in [-0.4, -0.2) is 24.4 Å². The van der Waals surface area contributed by atoms with Crippen LogP contribution in [0.4, 0.5) is 5.69 Å². The first kappa shape index (κ1) is 16.2. The predicted octanol–water partition coefficient (Wildman–Crippen LogP) is 1.89. The fourth-order valence-electron chi connectivity index (χ4n) is 1.79. The summed E-state index contributed by atoms with van der Waals surface area (Å²) in [6, 6.07) is 6.38. The van der Waals surface area contributed by atoms with Gasteiger partial charge in [0.05, 0.1) is 17.3 Å². The zero-order valence-corrected chi connectivity index (χ0v) is 12.1. The quantitative estimate of drug-likeness (QED) is 0.711. The van der Waals surface area contributed by atoms with Gasteiger partial charge in [0.25, 0.3) is 5.91 Å². The molecule has 0 saturated heterocycles. The van der Waals surface area contributed by atoms with Crippen LogP contribution in [0.1, 0.15) is 43.5 Å². The van der Waals surface area contributed by atoms with Crippen LogP contribution < -0.4 is 16.4 Å². The lowest BCUT2D eigenvalue weighted by Crippen LogP contribution is -2.36. The van der Waals surface area contributed by atoms with E-state index in [1.54, 1.807) is 24.3 Å². The van der Waals surface area contributed by atoms with E-state index in [4.69, 9.17) is 5.73 Å². The summed E-state index contributed by atoms with van der Waals surface area (Å²) in [5.74, 6) is -0.450. The summed E-state index contributed by atoms with van der Waals surface area (Å²) in [5, 5.41) is 5.52. The van der Waals surface area contributed by atoms with Crippen molar-refractivity contribution in [2.45, 2.75) is 39.2 Å². The third-order valence-electron chi connectivity index (χ3n) is 2.90. The zero-order valence-electron chi connectivity index (χ0n) is 12.1. The van der Waals surface area contributed by atoms with E-state index in [-0.39, 0.29) is 11.8 Å². The summed E-state index contributed by atoms with van der Waals surface area (Å²) in [7, 11) is 0. The predicted molar refractivity (Wildman–Crippen MR) is 80.6 cm³/mol. The van der Waals surface area contributed by atoms with Crippen molar-refractivity contribution in [2.75, 3.05) is 11.9 Å². The number of rotatable bonds is 7. The molecule has 0 aliphatic rings. The highest BCUT2D eigenvalue weighted by Gasteiger charge is 2.16. The van der Waals surface area contributed by atoms with Crippen molar-refractivity contribution in [2.24, 2.45) is 5.73 Å². The lowest BCUT2D eigenvalue weighted by molar-refractivity contribution is -0.117. The molecule has 0 radical (unpaired) electrons. The van der Waals surface area contributed by atoms with E-state index in [0.29, 0.717) is 24.2 Å². The lowest BCUT2D eigenvalue weighted by atomic mass is 10.1. The van der Waals surface area contributed by atoms with Crippen LogP contribution in [0.2, 0.25) is 0 Å². The molecule has 0 saturated carbocycles. The van der Waals surface area contributed by atoms with Crippen LogP contribution in [0.3, 0.4) is 0 Å². The van der Waals surface area contributed by atoms with Gasteiger partial charge in [0.1, 0.15) is 0 Å². The molecule has 0 aromatic heterocycles. The van der Waals surface area contributed by atoms with Gasteiger partial charge in [0, 0.05) is 6.54 Å². The number of anilines is 1. The molecule has 1 atom stereocenters. The van der Waals surface area contributed by atoms with Crippen LogP contribution in [0.15, 0.2) is 24.3 Å². The molecule has 0 bridgehead atoms. The lowest BCUT2D eigenvalue weighted by Gasteiger charge is -2.14. The monoisotopic (exact) mass is 277 g/mol. The molecule has 5 nitrogen and oxygen atoms in total. The number of hydrogen-bond donors (Lipinski definition) is 3. The normalized spacial score (nSPS) is 11.8. The average molecular weight is 277 g/mol. The third-order valence-corrected chi connectivity index (χ3v) is 2.90. The van der Waals surface area contributed by atoms with E-state index in [1.165, 1.54) is 0 Å². The second-order valence-electron chi connectivity index (χ2n) is 4.69. The number of carbonyl (C=O) groups is 2. The van der Waals surface area contributed by atoms with Gasteiger partial charge in [0.2, 0.25) is 5.91 Å². The zero-order chi connectivity index (χ0) is 15.0. The van der Waals surface area contributed by atoms with Crippen molar-refractivity contribution in [3.63, 3.8) is 0 Å². The third kappa shape index (κ3) is 4.66. The van der Waals surface area contributed by atoms with Crippen molar-refractivity contribution < 1.29 is 9.59 Å². The number of hydrogen-bond acceptors (Lipinski definition) is 3. The van der Waals surface area contributed by atoms with Crippen LogP contribution in [0.5, 0.6) is 0 Å². The summed E-state index contributed by atoms with van der Waals surface area (Å²) in [6.07, 6.45) is 2.32. The van der Waals surface area contributed by atoms with E-state index >= 15 is 0 Å². The SMILES string of the molecule is CCCNC(=O)c1ccccc1NC(=O)[C@@H](N)CCC. The number of para-hydroxylation sites is 1. The Morgan fingerprint density at radius 3 is 2.55 bits per heavy atom. The molecule has 110 valence electrons. The van der Waals surface area contributed by atoms with E-state index in [2.05, 4.69) is 10.6 Å². The fourth-order valence-corrected chi connectivity index (χ4v) is 1.79. The molecule has 20 heavy (non-hydrogen) atoms. The molecule has 1 rings (SSSR count). The van der Waals surface area contributed by atoms with Gasteiger partial charge in [0.15, 0.2) is 0 Å². The van der Waals surface area contributed by atoms with Gasteiger partial charge in [-0.05, 0) is 25.0 Å². The molecule has 1 aromatic carbocycles. The van der Waals surface area contributed by atoms with E-state index in [9.17, 15) is 9.59 Å². The highest BCUT2D eigenvalue weighted by Crippen LogP contribution is 2.15. The molecule has 0 aliphatic heterocycles. The van der Waals surface area contributed by atoms with E-state index < -0.39 is 6.04 Å². The number of carbonyl (C=O) groups excluding carboxylic acids is 2. The average Bonchev–Trinajstić information content (AvgIpc) is 2.45. The van der Waals surface area contributed by atoms with E-state index in [1.807, 2.05) is 13.8 Å². The second-order valence-corrected chi connectivity index (χ2v) is 4.69. The summed E-state index contributed by atoms with van der Waals surface area (Å²) in [6.45, 7) is 4.56. The maximum atomic E-state index is 12.0. The van der Waals surface area contributed by atoms with Gasteiger partial charge in [-0.15, -0.1) is 0 Å². The maximum absolute atomic E-state index is 12.0. The molecule has 2 amide bonds. The minimum atomic E-state index is -0.549. The van der Waals surface area contributed by atoms with Gasteiger partial charge in [-0.3, -0.25) is 9.59 Å². The van der Waals surface area contributed by atoms with Crippen molar-refractivity contribution in [1.29, 1.82) is 0 Å². The fraction of sp³-hybridized carbons (Fsp3) is 0.467. The molecule has 1 aromatic rings. The Morgan fingerprint density at radius 2 is 1.90 bits per heavy atom. The first-order valence-electron chi connectivity index (χ1n) is 7.03. The Morgan fingerprint density at radius 1 is 1.20 bits per heavy atom. The Kier molecular flexibility index (Phi) is 6.73. The van der Waals surface area contributed by atoms with Gasteiger partial charge in [-0.1, -0.05) is 32.4 Å². The highest BCUT2D eigenvalue weighted by molar-refractivity contribution is 6.04. The molecular formula is C15H23N3O2. The number of nitrogens with two attached hydrogens (primary N) is 1. The van der Waals surface area contributed by atoms with Crippen LogP contribution in [0, 0.1) is 0 Å². The maximum Gasteiger partial charge on any atom is 0.253 e. The minimum absolute atomic E-state index is 0.188. The molecule has 0 spiro atoms. The molecule has 4 N–H and O–H groups in total. The summed E-state index contributed by atoms with van der Waals surface area (Å²) in [4.78, 5) is 23.9. The van der Waals surface area contributed by atoms with Crippen LogP contribution >= 0.6 is 0 Å². The van der Waals surface area contributed by atoms with Crippen molar-refractivity contribution in [3.05, 3.63) is 29.8 Å². The van der Waals surface area contributed by atoms with Gasteiger partial charge >= 0.3 is 0 Å². The summed E-state index contributed by atoms with van der Waals surface area (Å²) >= 11 is 0. The van der Waals surface area contributed by atoms with Crippen molar-refractivity contribution in [3.8, 4) is 0 Å². The molecule has 0 fully saturated rings. The number of amides is 2. The summed E-state index contributed by atoms with van der Waals surface area (Å²) in [5.41, 5.74) is 6.72. The van der Waals surface area contributed by atoms with Gasteiger partial charge in [-0.2, -0.15) is 0 Å². The number of nitrogens with one attached hydrogen (secondary N) is 2. The Bertz CT molecular complexity index is 460. The second kappa shape index (κ2) is 8.32. The molecular weight excluding hydrogens is 254 g/mol. The topological polar surface area (TPSA) is 84.2 Å². The largest absolute Gasteiger partial charge is 0.352 e. The van der Waals surface area contributed by atoms with Crippen LogP contribution in [-0.2, 0) is 4.79 Å². The molecule has 0 heterocycles. The van der Waals surface area contributed by atoms with Crippen LogP contribution in [0.25, 0.3) is 0 Å². The highest BCUT2D eigenvalue weighted by atomic mass is 16.2. The Balaban J connectivity index is 2.80. The molecule has 0 unspecified atom stereocenters. The van der Waals surface area contributed by atoms with Gasteiger partial charge in [-0.25, -0.2) is 0 Å². The Hall–Kier alpha value is -1.88.